The number of hydrogen-bond donors (Lipinski definition) is 0. The minimum absolute atomic E-state index is 0.583. The fraction of sp³-hybridized carbons (Fsp3) is 0.0769. The third kappa shape index (κ3) is 2.90. The summed E-state index contributed by atoms with van der Waals surface area (Å²) < 4.78 is 10.4. The predicted molar refractivity (Wildman–Crippen MR) is 80.2 cm³/mol. The molecule has 92 valence electrons. The second-order valence-corrected chi connectivity index (χ2v) is 14.0. The van der Waals surface area contributed by atoms with E-state index in [0.717, 1.165) is 5.75 Å². The van der Waals surface area contributed by atoms with E-state index < -0.39 is 0 Å². The van der Waals surface area contributed by atoms with E-state index in [0.29, 0.717) is 59.8 Å². The van der Waals surface area contributed by atoms with Crippen LogP contribution in [-0.4, -0.2) is 66.9 Å². The summed E-state index contributed by atoms with van der Waals surface area (Å²) in [5.74, 6) is 0.945. The van der Waals surface area contributed by atoms with E-state index >= 15 is 0 Å². The van der Waals surface area contributed by atoms with Gasteiger partial charge in [-0.1, -0.05) is 0 Å². The van der Waals surface area contributed by atoms with E-state index in [2.05, 4.69) is 39.2 Å². The normalized spacial score (nSPS) is 18.4. The summed E-state index contributed by atoms with van der Waals surface area (Å²) >= 11 is 2.57. The van der Waals surface area contributed by atoms with Gasteiger partial charge in [0.2, 0.25) is 0 Å². The monoisotopic (exact) mass is 502 g/mol. The maximum atomic E-state index is 5.21. The van der Waals surface area contributed by atoms with Crippen molar-refractivity contribution in [3.8, 4) is 5.75 Å². The van der Waals surface area contributed by atoms with E-state index in [4.69, 9.17) is 4.74 Å². The quantitative estimate of drug-likeness (QED) is 0.562. The molecule has 0 spiro atoms. The number of ether oxygens (including phenoxy) is 1. The van der Waals surface area contributed by atoms with Gasteiger partial charge in [-0.05, 0) is 0 Å². The molecule has 0 fully saturated rings. The molecule has 0 atom stereocenters. The van der Waals surface area contributed by atoms with Crippen LogP contribution in [0.5, 0.6) is 5.75 Å². The van der Waals surface area contributed by atoms with Crippen molar-refractivity contribution in [2.45, 2.75) is 0 Å². The second-order valence-electron chi connectivity index (χ2n) is 3.51. The summed E-state index contributed by atoms with van der Waals surface area (Å²) in [5.41, 5.74) is 1.39. The van der Waals surface area contributed by atoms with Crippen molar-refractivity contribution in [1.82, 2.24) is 0 Å². The van der Waals surface area contributed by atoms with Gasteiger partial charge in [0.15, 0.2) is 0 Å². The molecule has 1 nitrogen and oxygen atoms in total. The van der Waals surface area contributed by atoms with Crippen LogP contribution in [0.15, 0.2) is 45.9 Å². The van der Waals surface area contributed by atoms with Crippen molar-refractivity contribution in [3.05, 3.63) is 51.5 Å². The number of methoxy groups -OCH3 is 1. The Morgan fingerprint density at radius 1 is 0.889 bits per heavy atom. The molecule has 2 heterocycles. The molecule has 0 N–H and O–H groups in total. The number of hydrogen-bond acceptors (Lipinski definition) is 1. The minimum atomic E-state index is 0.583. The Morgan fingerprint density at radius 3 is 2.28 bits per heavy atom. The molecular weight excluding hydrogens is 488 g/mol. The number of benzene rings is 1. The van der Waals surface area contributed by atoms with E-state index in [1.54, 1.807) is 11.6 Å². The molecular formula is C13H10OSe4. The molecule has 0 aliphatic carbocycles. The molecule has 0 unspecified atom stereocenters. The van der Waals surface area contributed by atoms with Gasteiger partial charge in [0, 0.05) is 0 Å². The first-order chi connectivity index (χ1) is 8.86. The van der Waals surface area contributed by atoms with Crippen LogP contribution < -0.4 is 4.74 Å². The van der Waals surface area contributed by atoms with Crippen LogP contribution >= 0.6 is 0 Å². The molecule has 3 rings (SSSR count). The molecule has 0 aromatic heterocycles. The Kier molecular flexibility index (Phi) is 4.57. The van der Waals surface area contributed by atoms with E-state index in [1.807, 2.05) is 6.74 Å². The van der Waals surface area contributed by atoms with Gasteiger partial charge < -0.3 is 0 Å². The SMILES string of the molecule is COc1ccc(C2=C[Se]C(=C3[Se]C=C[Se]3)[Se]2)cc1. The summed E-state index contributed by atoms with van der Waals surface area (Å²) in [4.78, 5) is 7.28. The standard InChI is InChI=1S/C13H10OSe4/c1-14-10-4-2-9(3-5-10)11-8-17-13(18-11)12-15-6-7-16-12/h2-8H,1H3. The molecule has 5 heteroatoms. The first kappa shape index (κ1) is 13.3. The van der Waals surface area contributed by atoms with E-state index in [9.17, 15) is 0 Å². The fourth-order valence-corrected chi connectivity index (χ4v) is 15.2. The van der Waals surface area contributed by atoms with Crippen LogP contribution in [0.1, 0.15) is 5.56 Å². The summed E-state index contributed by atoms with van der Waals surface area (Å²) in [6.07, 6.45) is 0. The fourth-order valence-electron chi connectivity index (χ4n) is 1.53. The van der Waals surface area contributed by atoms with Crippen molar-refractivity contribution in [2.24, 2.45) is 0 Å². The molecule has 2 aliphatic heterocycles. The Morgan fingerprint density at radius 2 is 1.61 bits per heavy atom. The maximum absolute atomic E-state index is 5.21. The van der Waals surface area contributed by atoms with Crippen molar-refractivity contribution in [2.75, 3.05) is 7.11 Å². The molecule has 0 bridgehead atoms. The first-order valence-corrected chi connectivity index (χ1v) is 12.5. The zero-order valence-corrected chi connectivity index (χ0v) is 16.4. The molecule has 0 saturated carbocycles. The van der Waals surface area contributed by atoms with Gasteiger partial charge in [-0.15, -0.1) is 0 Å². The van der Waals surface area contributed by atoms with Crippen LogP contribution in [0, 0.1) is 0 Å². The van der Waals surface area contributed by atoms with Crippen molar-refractivity contribution in [1.29, 1.82) is 0 Å². The molecule has 0 amide bonds. The third-order valence-corrected chi connectivity index (χ3v) is 17.3. The van der Waals surface area contributed by atoms with Gasteiger partial charge in [0.25, 0.3) is 0 Å². The summed E-state index contributed by atoms with van der Waals surface area (Å²) in [6.45, 7) is 0. The summed E-state index contributed by atoms with van der Waals surface area (Å²) in [7, 11) is 1.72. The molecule has 2 aliphatic rings. The van der Waals surface area contributed by atoms with Crippen molar-refractivity contribution in [3.63, 3.8) is 0 Å². The van der Waals surface area contributed by atoms with Gasteiger partial charge >= 0.3 is 133 Å². The van der Waals surface area contributed by atoms with Crippen LogP contribution in [0.2, 0.25) is 0 Å². The van der Waals surface area contributed by atoms with Crippen LogP contribution in [-0.2, 0) is 0 Å². The Hall–Kier alpha value is 0.318. The van der Waals surface area contributed by atoms with Crippen molar-refractivity contribution < 1.29 is 4.74 Å². The predicted octanol–water partition coefficient (Wildman–Crippen LogP) is 1.44. The molecule has 1 aromatic rings. The van der Waals surface area contributed by atoms with Crippen molar-refractivity contribution >= 4 is 64.3 Å². The second kappa shape index (κ2) is 6.18. The van der Waals surface area contributed by atoms with Gasteiger partial charge in [0.1, 0.15) is 0 Å². The summed E-state index contributed by atoms with van der Waals surface area (Å²) in [5, 5.41) is 0. The number of rotatable bonds is 2. The zero-order valence-electron chi connectivity index (χ0n) is 9.58. The molecule has 1 aromatic carbocycles. The average Bonchev–Trinajstić information content (AvgIpc) is 3.09. The molecule has 0 radical (unpaired) electrons. The van der Waals surface area contributed by atoms with Crippen LogP contribution in [0.4, 0.5) is 0 Å². The molecule has 0 saturated heterocycles. The summed E-state index contributed by atoms with van der Waals surface area (Å²) in [6, 6.07) is 8.52. The van der Waals surface area contributed by atoms with Gasteiger partial charge in [-0.3, -0.25) is 0 Å². The van der Waals surface area contributed by atoms with E-state index in [1.165, 1.54) is 5.56 Å². The third-order valence-electron chi connectivity index (χ3n) is 2.42. The van der Waals surface area contributed by atoms with E-state index in [-0.39, 0.29) is 0 Å². The Labute approximate surface area is 132 Å². The Bertz CT molecular complexity index is 533. The average molecular weight is 498 g/mol. The Balaban J connectivity index is 1.76. The first-order valence-electron chi connectivity index (χ1n) is 5.28. The topological polar surface area (TPSA) is 9.23 Å². The van der Waals surface area contributed by atoms with Gasteiger partial charge in [0.05, 0.1) is 0 Å². The van der Waals surface area contributed by atoms with Gasteiger partial charge in [-0.25, -0.2) is 0 Å². The van der Waals surface area contributed by atoms with Crippen LogP contribution in [0.3, 0.4) is 0 Å². The zero-order chi connectivity index (χ0) is 12.4. The van der Waals surface area contributed by atoms with Gasteiger partial charge in [-0.2, -0.15) is 0 Å². The molecule has 18 heavy (non-hydrogen) atoms. The van der Waals surface area contributed by atoms with Crippen LogP contribution in [0.25, 0.3) is 4.47 Å².